The van der Waals surface area contributed by atoms with E-state index < -0.39 is 8.07 Å². The molecule has 86 valence electrons. The first kappa shape index (κ1) is 12.6. The first-order valence-corrected chi connectivity index (χ1v) is 8.75. The summed E-state index contributed by atoms with van der Waals surface area (Å²) < 4.78 is 5.20. The monoisotopic (exact) mass is 234 g/mol. The minimum absolute atomic E-state index is 0.631. The molecule has 16 heavy (non-hydrogen) atoms. The number of rotatable bonds is 3. The van der Waals surface area contributed by atoms with E-state index in [-0.39, 0.29) is 0 Å². The number of hydrogen-bond donors (Lipinski definition) is 1. The zero-order valence-electron chi connectivity index (χ0n) is 10.3. The molecule has 1 N–H and O–H groups in total. The average Bonchev–Trinajstić information content (AvgIpc) is 2.23. The molecular formula is C12H18N2OSi. The van der Waals surface area contributed by atoms with Crippen LogP contribution in [0.15, 0.2) is 18.5 Å². The van der Waals surface area contributed by atoms with Gasteiger partial charge in [-0.2, -0.15) is 0 Å². The highest BCUT2D eigenvalue weighted by molar-refractivity contribution is 6.83. The Morgan fingerprint density at radius 2 is 2.19 bits per heavy atom. The predicted octanol–water partition coefficient (Wildman–Crippen LogP) is 2.38. The molecule has 0 aliphatic rings. The van der Waals surface area contributed by atoms with Crippen molar-refractivity contribution >= 4 is 13.8 Å². The van der Waals surface area contributed by atoms with Crippen LogP contribution >= 0.6 is 0 Å². The third-order valence-corrected chi connectivity index (χ3v) is 2.76. The normalized spacial score (nSPS) is 10.2. The summed E-state index contributed by atoms with van der Waals surface area (Å²) in [6, 6.07) is 1.83. The molecule has 0 atom stereocenters. The van der Waals surface area contributed by atoms with Crippen molar-refractivity contribution in [1.29, 1.82) is 0 Å². The summed E-state index contributed by atoms with van der Waals surface area (Å²) in [4.78, 5) is 4.04. The molecule has 0 spiro atoms. The van der Waals surface area contributed by atoms with Gasteiger partial charge in [0.05, 0.1) is 25.5 Å². The number of nitrogens with zero attached hydrogens (tertiary/aromatic N) is 1. The van der Waals surface area contributed by atoms with Gasteiger partial charge in [0.15, 0.2) is 0 Å². The highest BCUT2D eigenvalue weighted by atomic mass is 28.3. The minimum atomic E-state index is -1.27. The second-order valence-corrected chi connectivity index (χ2v) is 9.23. The van der Waals surface area contributed by atoms with Gasteiger partial charge in [0.1, 0.15) is 13.8 Å². The summed E-state index contributed by atoms with van der Waals surface area (Å²) in [6.07, 6.45) is 3.45. The third-order valence-electron chi connectivity index (χ3n) is 1.83. The standard InChI is InChI=1S/C12H18N2OSi/c1-15-12-6-8-13-10-11(12)14-7-5-9-16(2,3)4/h6,8,10,14H,7H2,1-4H3. The van der Waals surface area contributed by atoms with Gasteiger partial charge >= 0.3 is 0 Å². The average molecular weight is 234 g/mol. The van der Waals surface area contributed by atoms with Crippen molar-refractivity contribution in [2.24, 2.45) is 0 Å². The van der Waals surface area contributed by atoms with Crippen LogP contribution in [0.25, 0.3) is 0 Å². The van der Waals surface area contributed by atoms with Crippen LogP contribution in [0.5, 0.6) is 5.75 Å². The molecule has 0 fully saturated rings. The molecule has 1 aromatic rings. The Hall–Kier alpha value is -1.47. The van der Waals surface area contributed by atoms with Crippen LogP contribution in [0.2, 0.25) is 19.6 Å². The topological polar surface area (TPSA) is 34.1 Å². The zero-order valence-corrected chi connectivity index (χ0v) is 11.3. The summed E-state index contributed by atoms with van der Waals surface area (Å²) in [5.41, 5.74) is 4.18. The van der Waals surface area contributed by atoms with Crippen LogP contribution in [-0.4, -0.2) is 26.7 Å². The smallest absolute Gasteiger partial charge is 0.145 e. The molecule has 3 nitrogen and oxygen atoms in total. The largest absolute Gasteiger partial charge is 0.494 e. The molecule has 1 rings (SSSR count). The van der Waals surface area contributed by atoms with Crippen molar-refractivity contribution in [2.45, 2.75) is 19.6 Å². The maximum absolute atomic E-state index is 5.20. The van der Waals surface area contributed by atoms with Crippen LogP contribution in [-0.2, 0) is 0 Å². The van der Waals surface area contributed by atoms with Crippen molar-refractivity contribution < 1.29 is 4.74 Å². The van der Waals surface area contributed by atoms with E-state index >= 15 is 0 Å². The molecule has 0 aliphatic carbocycles. The summed E-state index contributed by atoms with van der Waals surface area (Å²) >= 11 is 0. The van der Waals surface area contributed by atoms with E-state index in [2.05, 4.69) is 41.4 Å². The van der Waals surface area contributed by atoms with Crippen LogP contribution in [0.3, 0.4) is 0 Å². The molecular weight excluding hydrogens is 216 g/mol. The van der Waals surface area contributed by atoms with E-state index in [1.807, 2.05) is 6.07 Å². The summed E-state index contributed by atoms with van der Waals surface area (Å²) in [6.45, 7) is 7.31. The molecule has 0 bridgehead atoms. The Morgan fingerprint density at radius 1 is 1.44 bits per heavy atom. The fraction of sp³-hybridized carbons (Fsp3) is 0.417. The van der Waals surface area contributed by atoms with Crippen LogP contribution in [0, 0.1) is 11.5 Å². The molecule has 0 saturated carbocycles. The fourth-order valence-electron chi connectivity index (χ4n) is 1.14. The van der Waals surface area contributed by atoms with Crippen LogP contribution < -0.4 is 10.1 Å². The summed E-state index contributed by atoms with van der Waals surface area (Å²) in [5, 5.41) is 3.20. The molecule has 4 heteroatoms. The number of hydrogen-bond acceptors (Lipinski definition) is 3. The van der Waals surface area contributed by atoms with E-state index in [0.717, 1.165) is 11.4 Å². The van der Waals surface area contributed by atoms with Crippen molar-refractivity contribution in [3.8, 4) is 17.2 Å². The first-order chi connectivity index (χ1) is 7.53. The van der Waals surface area contributed by atoms with Gasteiger partial charge in [-0.1, -0.05) is 25.6 Å². The van der Waals surface area contributed by atoms with E-state index in [9.17, 15) is 0 Å². The Bertz CT molecular complexity index is 401. The van der Waals surface area contributed by atoms with E-state index in [1.165, 1.54) is 0 Å². The molecule has 0 aromatic carbocycles. The lowest BCUT2D eigenvalue weighted by molar-refractivity contribution is 0.416. The number of ether oxygens (including phenoxy) is 1. The van der Waals surface area contributed by atoms with Gasteiger partial charge in [0.2, 0.25) is 0 Å². The Morgan fingerprint density at radius 3 is 2.81 bits per heavy atom. The van der Waals surface area contributed by atoms with E-state index in [0.29, 0.717) is 6.54 Å². The van der Waals surface area contributed by atoms with Crippen LogP contribution in [0.1, 0.15) is 0 Å². The highest BCUT2D eigenvalue weighted by Gasteiger charge is 2.07. The first-order valence-electron chi connectivity index (χ1n) is 5.25. The SMILES string of the molecule is COc1ccncc1NCC#C[Si](C)(C)C. The third kappa shape index (κ3) is 4.37. The molecule has 0 amide bonds. The Kier molecular flexibility index (Phi) is 4.38. The lowest BCUT2D eigenvalue weighted by atomic mass is 10.4. The number of methoxy groups -OCH3 is 1. The number of aromatic nitrogens is 1. The lowest BCUT2D eigenvalue weighted by Gasteiger charge is -2.08. The molecule has 0 aliphatic heterocycles. The van der Waals surface area contributed by atoms with Gasteiger partial charge in [-0.05, 0) is 0 Å². The molecule has 0 saturated heterocycles. The van der Waals surface area contributed by atoms with Crippen molar-refractivity contribution in [3.63, 3.8) is 0 Å². The molecule has 1 aromatic heterocycles. The summed E-state index contributed by atoms with van der Waals surface area (Å²) in [5.74, 6) is 3.94. The van der Waals surface area contributed by atoms with Gasteiger partial charge in [-0.3, -0.25) is 4.98 Å². The second kappa shape index (κ2) is 5.57. The minimum Gasteiger partial charge on any atom is -0.494 e. The number of pyridine rings is 1. The van der Waals surface area contributed by atoms with E-state index in [1.54, 1.807) is 19.5 Å². The van der Waals surface area contributed by atoms with Gasteiger partial charge in [-0.15, -0.1) is 5.54 Å². The maximum Gasteiger partial charge on any atom is 0.145 e. The van der Waals surface area contributed by atoms with E-state index in [4.69, 9.17) is 4.74 Å². The second-order valence-electron chi connectivity index (χ2n) is 4.48. The predicted molar refractivity (Wildman–Crippen MR) is 70.4 cm³/mol. The highest BCUT2D eigenvalue weighted by Crippen LogP contribution is 2.20. The Balaban J connectivity index is 2.57. The quantitative estimate of drug-likeness (QED) is 0.644. The Labute approximate surface area is 98.2 Å². The van der Waals surface area contributed by atoms with Crippen molar-refractivity contribution in [3.05, 3.63) is 18.5 Å². The summed E-state index contributed by atoms with van der Waals surface area (Å²) in [7, 11) is 0.382. The van der Waals surface area contributed by atoms with Crippen molar-refractivity contribution in [1.82, 2.24) is 4.98 Å². The maximum atomic E-state index is 5.20. The van der Waals surface area contributed by atoms with Gasteiger partial charge in [0, 0.05) is 12.3 Å². The molecule has 1 heterocycles. The van der Waals surface area contributed by atoms with Gasteiger partial charge in [-0.25, -0.2) is 0 Å². The fourth-order valence-corrected chi connectivity index (χ4v) is 1.76. The van der Waals surface area contributed by atoms with Gasteiger partial charge < -0.3 is 10.1 Å². The van der Waals surface area contributed by atoms with Crippen LogP contribution in [0.4, 0.5) is 5.69 Å². The molecule has 0 unspecified atom stereocenters. The molecule has 0 radical (unpaired) electrons. The number of nitrogens with one attached hydrogen (secondary N) is 1. The zero-order chi connectivity index (χ0) is 12.0. The number of anilines is 1. The van der Waals surface area contributed by atoms with Gasteiger partial charge in [0.25, 0.3) is 0 Å². The van der Waals surface area contributed by atoms with Crippen molar-refractivity contribution in [2.75, 3.05) is 19.0 Å². The lowest BCUT2D eigenvalue weighted by Crippen LogP contribution is -2.17.